The third kappa shape index (κ3) is 2.90. The minimum atomic E-state index is -0.315. The van der Waals surface area contributed by atoms with Gasteiger partial charge in [-0.1, -0.05) is 24.3 Å². The van der Waals surface area contributed by atoms with E-state index in [1.165, 1.54) is 0 Å². The van der Waals surface area contributed by atoms with Crippen molar-refractivity contribution in [1.29, 1.82) is 0 Å². The van der Waals surface area contributed by atoms with Crippen molar-refractivity contribution < 1.29 is 9.53 Å². The van der Waals surface area contributed by atoms with E-state index in [-0.39, 0.29) is 11.4 Å². The van der Waals surface area contributed by atoms with Crippen LogP contribution in [0.1, 0.15) is 29.8 Å². The fourth-order valence-electron chi connectivity index (χ4n) is 1.44. The molecule has 0 saturated carbocycles. The molecule has 0 heterocycles. The Labute approximate surface area is 96.8 Å². The van der Waals surface area contributed by atoms with E-state index in [0.717, 1.165) is 11.1 Å². The van der Waals surface area contributed by atoms with E-state index in [2.05, 4.69) is 5.32 Å². The minimum Gasteiger partial charge on any atom is -0.374 e. The second-order valence-electron chi connectivity index (χ2n) is 4.25. The summed E-state index contributed by atoms with van der Waals surface area (Å²) in [6.45, 7) is 4.36. The number of nitrogens with one attached hydrogen (secondary N) is 1. The van der Waals surface area contributed by atoms with Gasteiger partial charge in [0.25, 0.3) is 0 Å². The number of rotatable bonds is 5. The Bertz CT molecular complexity index is 355. The van der Waals surface area contributed by atoms with Crippen molar-refractivity contribution >= 4 is 5.78 Å². The zero-order chi connectivity index (χ0) is 12.2. The van der Waals surface area contributed by atoms with Crippen LogP contribution in [0, 0.1) is 0 Å². The normalized spacial score (nSPS) is 11.5. The molecule has 0 atom stereocenters. The summed E-state index contributed by atoms with van der Waals surface area (Å²) < 4.78 is 5.37. The lowest BCUT2D eigenvalue weighted by Crippen LogP contribution is -2.21. The monoisotopic (exact) mass is 221 g/mol. The molecule has 88 valence electrons. The smallest absolute Gasteiger partial charge is 0.176 e. The summed E-state index contributed by atoms with van der Waals surface area (Å²) in [7, 11) is 3.44. The maximum atomic E-state index is 11.6. The Kier molecular flexibility index (Phi) is 4.21. The van der Waals surface area contributed by atoms with E-state index in [0.29, 0.717) is 6.54 Å². The molecule has 0 unspecified atom stereocenters. The van der Waals surface area contributed by atoms with Crippen molar-refractivity contribution in [2.24, 2.45) is 0 Å². The third-order valence-electron chi connectivity index (χ3n) is 2.75. The average Bonchev–Trinajstić information content (AvgIpc) is 2.29. The Morgan fingerprint density at radius 1 is 1.31 bits per heavy atom. The van der Waals surface area contributed by atoms with E-state index < -0.39 is 0 Å². The number of benzene rings is 1. The zero-order valence-corrected chi connectivity index (χ0v) is 10.3. The lowest BCUT2D eigenvalue weighted by molar-refractivity contribution is 0.0192. The molecule has 0 saturated heterocycles. The fourth-order valence-corrected chi connectivity index (χ4v) is 1.44. The SMILES string of the molecule is CNCC(=O)c1ccc(C(C)(C)OC)cc1. The number of carbonyl (C=O) groups excluding carboxylic acids is 1. The summed E-state index contributed by atoms with van der Waals surface area (Å²) in [5, 5.41) is 2.85. The first-order valence-electron chi connectivity index (χ1n) is 5.34. The first kappa shape index (κ1) is 12.9. The van der Waals surface area contributed by atoms with Crippen LogP contribution in [0.2, 0.25) is 0 Å². The van der Waals surface area contributed by atoms with Crippen molar-refractivity contribution in [3.63, 3.8) is 0 Å². The largest absolute Gasteiger partial charge is 0.374 e. The van der Waals surface area contributed by atoms with Gasteiger partial charge in [-0.05, 0) is 26.5 Å². The van der Waals surface area contributed by atoms with Crippen LogP contribution in [0.4, 0.5) is 0 Å². The summed E-state index contributed by atoms with van der Waals surface area (Å²) in [4.78, 5) is 11.6. The number of ketones is 1. The van der Waals surface area contributed by atoms with E-state index in [1.54, 1.807) is 14.2 Å². The highest BCUT2D eigenvalue weighted by molar-refractivity contribution is 5.97. The highest BCUT2D eigenvalue weighted by Gasteiger charge is 2.19. The van der Waals surface area contributed by atoms with Crippen LogP contribution < -0.4 is 5.32 Å². The van der Waals surface area contributed by atoms with Gasteiger partial charge in [0, 0.05) is 12.7 Å². The predicted molar refractivity (Wildman–Crippen MR) is 64.7 cm³/mol. The Morgan fingerprint density at radius 2 is 1.88 bits per heavy atom. The maximum Gasteiger partial charge on any atom is 0.176 e. The molecule has 0 spiro atoms. The van der Waals surface area contributed by atoms with Crippen LogP contribution in [0.3, 0.4) is 0 Å². The second-order valence-corrected chi connectivity index (χ2v) is 4.25. The highest BCUT2D eigenvalue weighted by Crippen LogP contribution is 2.23. The molecule has 16 heavy (non-hydrogen) atoms. The molecule has 0 bridgehead atoms. The molecule has 1 N–H and O–H groups in total. The lowest BCUT2D eigenvalue weighted by atomic mass is 9.96. The number of hydrogen-bond acceptors (Lipinski definition) is 3. The van der Waals surface area contributed by atoms with Crippen LogP contribution in [-0.4, -0.2) is 26.5 Å². The van der Waals surface area contributed by atoms with E-state index in [1.807, 2.05) is 38.1 Å². The molecule has 0 aromatic heterocycles. The van der Waals surface area contributed by atoms with Crippen molar-refractivity contribution in [1.82, 2.24) is 5.32 Å². The van der Waals surface area contributed by atoms with Crippen LogP contribution in [0.15, 0.2) is 24.3 Å². The average molecular weight is 221 g/mol. The Balaban J connectivity index is 2.87. The summed E-state index contributed by atoms with van der Waals surface area (Å²) in [5.41, 5.74) is 1.48. The number of carbonyl (C=O) groups is 1. The first-order chi connectivity index (χ1) is 7.51. The van der Waals surface area contributed by atoms with Crippen LogP contribution in [0.25, 0.3) is 0 Å². The second kappa shape index (κ2) is 5.23. The molecule has 0 aliphatic heterocycles. The number of Topliss-reactive ketones (excluding diaryl/α,β-unsaturated/α-hetero) is 1. The van der Waals surface area contributed by atoms with Gasteiger partial charge in [0.2, 0.25) is 0 Å². The Morgan fingerprint density at radius 3 is 2.31 bits per heavy atom. The molecule has 0 aliphatic rings. The molecule has 3 nitrogen and oxygen atoms in total. The number of hydrogen-bond donors (Lipinski definition) is 1. The number of ether oxygens (including phenoxy) is 1. The highest BCUT2D eigenvalue weighted by atomic mass is 16.5. The minimum absolute atomic E-state index is 0.101. The van der Waals surface area contributed by atoms with Gasteiger partial charge in [-0.15, -0.1) is 0 Å². The van der Waals surface area contributed by atoms with Gasteiger partial charge in [0.15, 0.2) is 5.78 Å². The first-order valence-corrected chi connectivity index (χ1v) is 5.34. The van der Waals surface area contributed by atoms with Crippen LogP contribution in [0.5, 0.6) is 0 Å². The third-order valence-corrected chi connectivity index (χ3v) is 2.75. The fraction of sp³-hybridized carbons (Fsp3) is 0.462. The quantitative estimate of drug-likeness (QED) is 0.772. The predicted octanol–water partition coefficient (Wildman–Crippen LogP) is 1.97. The van der Waals surface area contributed by atoms with Crippen molar-refractivity contribution in [3.8, 4) is 0 Å². The van der Waals surface area contributed by atoms with Gasteiger partial charge >= 0.3 is 0 Å². The van der Waals surface area contributed by atoms with Crippen molar-refractivity contribution in [2.75, 3.05) is 20.7 Å². The summed E-state index contributed by atoms with van der Waals surface area (Å²) in [5.74, 6) is 0.101. The van der Waals surface area contributed by atoms with Gasteiger partial charge in [-0.3, -0.25) is 4.79 Å². The number of likely N-dealkylation sites (N-methyl/N-ethyl adjacent to an activating group) is 1. The summed E-state index contributed by atoms with van der Waals surface area (Å²) in [6, 6.07) is 7.56. The molecular formula is C13H19NO2. The molecule has 0 radical (unpaired) electrons. The molecule has 1 aromatic carbocycles. The molecule has 3 heteroatoms. The van der Waals surface area contributed by atoms with E-state index in [4.69, 9.17) is 4.74 Å². The molecular weight excluding hydrogens is 202 g/mol. The molecule has 0 amide bonds. The Hall–Kier alpha value is -1.19. The zero-order valence-electron chi connectivity index (χ0n) is 10.3. The van der Waals surface area contributed by atoms with Crippen molar-refractivity contribution in [2.45, 2.75) is 19.4 Å². The molecule has 1 aromatic rings. The lowest BCUT2D eigenvalue weighted by Gasteiger charge is -2.23. The van der Waals surface area contributed by atoms with E-state index >= 15 is 0 Å². The van der Waals surface area contributed by atoms with Gasteiger partial charge in [-0.25, -0.2) is 0 Å². The summed E-state index contributed by atoms with van der Waals surface area (Å²) in [6.07, 6.45) is 0. The van der Waals surface area contributed by atoms with E-state index in [9.17, 15) is 4.79 Å². The van der Waals surface area contributed by atoms with Gasteiger partial charge < -0.3 is 10.1 Å². The van der Waals surface area contributed by atoms with Crippen molar-refractivity contribution in [3.05, 3.63) is 35.4 Å². The van der Waals surface area contributed by atoms with Gasteiger partial charge in [-0.2, -0.15) is 0 Å². The van der Waals surface area contributed by atoms with Crippen LogP contribution >= 0.6 is 0 Å². The van der Waals surface area contributed by atoms with Gasteiger partial charge in [0.1, 0.15) is 0 Å². The van der Waals surface area contributed by atoms with Crippen LogP contribution in [-0.2, 0) is 10.3 Å². The maximum absolute atomic E-state index is 11.6. The van der Waals surface area contributed by atoms with Gasteiger partial charge in [0.05, 0.1) is 12.1 Å². The topological polar surface area (TPSA) is 38.3 Å². The molecule has 1 rings (SSSR count). The molecule has 0 aliphatic carbocycles. The molecule has 0 fully saturated rings. The standard InChI is InChI=1S/C13H19NO2/c1-13(2,16-4)11-7-5-10(6-8-11)12(15)9-14-3/h5-8,14H,9H2,1-4H3. The summed E-state index contributed by atoms with van der Waals surface area (Å²) >= 11 is 0. The number of methoxy groups -OCH3 is 1.